The van der Waals surface area contributed by atoms with Crippen molar-refractivity contribution in [1.82, 2.24) is 4.31 Å². The van der Waals surface area contributed by atoms with Gasteiger partial charge in [0, 0.05) is 19.3 Å². The van der Waals surface area contributed by atoms with E-state index in [1.54, 1.807) is 6.92 Å². The van der Waals surface area contributed by atoms with Crippen LogP contribution in [-0.2, 0) is 10.0 Å². The van der Waals surface area contributed by atoms with Crippen LogP contribution in [0.3, 0.4) is 0 Å². The first-order valence-electron chi connectivity index (χ1n) is 5.48. The zero-order chi connectivity index (χ0) is 14.6. The Morgan fingerprint density at radius 2 is 2.05 bits per heavy atom. The smallest absolute Gasteiger partial charge is 0.244 e. The molecule has 1 aromatic rings. The summed E-state index contributed by atoms with van der Waals surface area (Å²) >= 11 is 0. The maximum Gasteiger partial charge on any atom is 0.244 e. The molecule has 2 N–H and O–H groups in total. The molecule has 1 aromatic carbocycles. The second-order valence-electron chi connectivity index (χ2n) is 4.18. The van der Waals surface area contributed by atoms with E-state index in [2.05, 4.69) is 0 Å². The van der Waals surface area contributed by atoms with E-state index in [0.29, 0.717) is 5.69 Å². The Labute approximate surface area is 112 Å². The quantitative estimate of drug-likeness (QED) is 0.823. The molecule has 0 fully saturated rings. The van der Waals surface area contributed by atoms with Crippen molar-refractivity contribution < 1.29 is 8.42 Å². The lowest BCUT2D eigenvalue weighted by Gasteiger charge is -2.18. The number of hydrogen-bond donors (Lipinski definition) is 1. The van der Waals surface area contributed by atoms with Gasteiger partial charge < -0.3 is 5.73 Å². The van der Waals surface area contributed by atoms with Gasteiger partial charge in [0.05, 0.1) is 17.6 Å². The molecule has 7 heteroatoms. The molecule has 100 valence electrons. The lowest BCUT2D eigenvalue weighted by molar-refractivity contribution is 0.439. The summed E-state index contributed by atoms with van der Waals surface area (Å²) in [7, 11) is -2.42. The zero-order valence-electron chi connectivity index (χ0n) is 10.7. The molecular formula is C12H14N4O2S. The van der Waals surface area contributed by atoms with Gasteiger partial charge in [-0.3, -0.25) is 0 Å². The van der Waals surface area contributed by atoms with E-state index in [1.165, 1.54) is 25.2 Å². The Morgan fingerprint density at radius 1 is 1.42 bits per heavy atom. The number of nitrogens with two attached hydrogens (primary N) is 1. The van der Waals surface area contributed by atoms with Crippen molar-refractivity contribution in [2.75, 3.05) is 19.3 Å². The van der Waals surface area contributed by atoms with Crippen molar-refractivity contribution in [1.29, 1.82) is 10.5 Å². The first-order valence-corrected chi connectivity index (χ1v) is 6.92. The van der Waals surface area contributed by atoms with Gasteiger partial charge in [0.15, 0.2) is 0 Å². The van der Waals surface area contributed by atoms with Gasteiger partial charge in [0.1, 0.15) is 11.0 Å². The van der Waals surface area contributed by atoms with Crippen LogP contribution in [0.1, 0.15) is 12.5 Å². The number of nitriles is 2. The van der Waals surface area contributed by atoms with Gasteiger partial charge >= 0.3 is 0 Å². The van der Waals surface area contributed by atoms with E-state index in [0.717, 1.165) is 4.31 Å². The minimum atomic E-state index is -3.80. The molecule has 0 heterocycles. The molecule has 0 aliphatic rings. The van der Waals surface area contributed by atoms with Gasteiger partial charge in [-0.05, 0) is 25.1 Å². The molecule has 1 atom stereocenters. The average Bonchev–Trinajstić information content (AvgIpc) is 2.37. The van der Waals surface area contributed by atoms with E-state index in [9.17, 15) is 8.42 Å². The van der Waals surface area contributed by atoms with Crippen LogP contribution in [-0.4, -0.2) is 26.3 Å². The zero-order valence-corrected chi connectivity index (χ0v) is 11.5. The predicted octanol–water partition coefficient (Wildman–Crippen LogP) is 0.921. The fraction of sp³-hybridized carbons (Fsp3) is 0.333. The lowest BCUT2D eigenvalue weighted by Crippen LogP contribution is -2.31. The van der Waals surface area contributed by atoms with E-state index in [-0.39, 0.29) is 17.0 Å². The van der Waals surface area contributed by atoms with E-state index in [1.807, 2.05) is 12.1 Å². The summed E-state index contributed by atoms with van der Waals surface area (Å²) in [6.45, 7) is 1.69. The number of rotatable bonds is 4. The van der Waals surface area contributed by atoms with Crippen molar-refractivity contribution in [3.63, 3.8) is 0 Å². The molecule has 0 saturated carbocycles. The van der Waals surface area contributed by atoms with Gasteiger partial charge in [-0.1, -0.05) is 0 Å². The molecule has 0 aliphatic carbocycles. The lowest BCUT2D eigenvalue weighted by atomic mass is 10.2. The molecule has 0 bridgehead atoms. The van der Waals surface area contributed by atoms with Crippen molar-refractivity contribution in [3.05, 3.63) is 23.8 Å². The molecule has 0 amide bonds. The van der Waals surface area contributed by atoms with Gasteiger partial charge in [-0.25, -0.2) is 8.42 Å². The van der Waals surface area contributed by atoms with Crippen LogP contribution in [0.5, 0.6) is 0 Å². The third-order valence-corrected chi connectivity index (χ3v) is 4.45. The Balaban J connectivity index is 3.22. The average molecular weight is 278 g/mol. The summed E-state index contributed by atoms with van der Waals surface area (Å²) in [5.41, 5.74) is 5.84. The second-order valence-corrected chi connectivity index (χ2v) is 6.20. The number of sulfonamides is 1. The monoisotopic (exact) mass is 278 g/mol. The molecule has 0 spiro atoms. The highest BCUT2D eigenvalue weighted by atomic mass is 32.2. The largest absolute Gasteiger partial charge is 0.399 e. The van der Waals surface area contributed by atoms with E-state index >= 15 is 0 Å². The molecule has 6 nitrogen and oxygen atoms in total. The van der Waals surface area contributed by atoms with Crippen molar-refractivity contribution in [2.24, 2.45) is 5.92 Å². The molecule has 1 rings (SSSR count). The summed E-state index contributed by atoms with van der Waals surface area (Å²) in [4.78, 5) is -0.100. The molecule has 19 heavy (non-hydrogen) atoms. The van der Waals surface area contributed by atoms with E-state index in [4.69, 9.17) is 16.3 Å². The van der Waals surface area contributed by atoms with Crippen LogP contribution in [0.2, 0.25) is 0 Å². The van der Waals surface area contributed by atoms with Gasteiger partial charge in [-0.2, -0.15) is 14.8 Å². The van der Waals surface area contributed by atoms with Crippen molar-refractivity contribution in [2.45, 2.75) is 11.8 Å². The highest BCUT2D eigenvalue weighted by Gasteiger charge is 2.25. The molecule has 0 aromatic heterocycles. The van der Waals surface area contributed by atoms with Crippen LogP contribution >= 0.6 is 0 Å². The summed E-state index contributed by atoms with van der Waals surface area (Å²) in [6.07, 6.45) is 0. The SMILES string of the molecule is CC(C#N)CN(C)S(=O)(=O)c1ccc(N)cc1C#N. The maximum absolute atomic E-state index is 12.3. The number of nitrogens with zero attached hydrogens (tertiary/aromatic N) is 3. The Kier molecular flexibility index (Phi) is 4.49. The summed E-state index contributed by atoms with van der Waals surface area (Å²) in [5.74, 6) is -0.431. The second kappa shape index (κ2) is 5.70. The first-order chi connectivity index (χ1) is 8.82. The number of anilines is 1. The van der Waals surface area contributed by atoms with Crippen molar-refractivity contribution in [3.8, 4) is 12.1 Å². The minimum absolute atomic E-state index is 0.00328. The number of hydrogen-bond acceptors (Lipinski definition) is 5. The van der Waals surface area contributed by atoms with Crippen LogP contribution in [0.25, 0.3) is 0 Å². The summed E-state index contributed by atoms with van der Waals surface area (Å²) in [5, 5.41) is 17.7. The standard InChI is InChI=1S/C12H14N4O2S/c1-9(6-13)8-16(2)19(17,18)12-4-3-11(15)5-10(12)7-14/h3-5,9H,8,15H2,1-2H3. The van der Waals surface area contributed by atoms with Crippen LogP contribution in [0.4, 0.5) is 5.69 Å². The fourth-order valence-corrected chi connectivity index (χ4v) is 2.93. The Hall–Kier alpha value is -2.09. The highest BCUT2D eigenvalue weighted by Crippen LogP contribution is 2.21. The number of nitrogen functional groups attached to an aromatic ring is 1. The molecule has 0 radical (unpaired) electrons. The third kappa shape index (κ3) is 3.22. The highest BCUT2D eigenvalue weighted by molar-refractivity contribution is 7.89. The maximum atomic E-state index is 12.3. The Bertz CT molecular complexity index is 655. The number of benzene rings is 1. The van der Waals surface area contributed by atoms with Gasteiger partial charge in [-0.15, -0.1) is 0 Å². The van der Waals surface area contributed by atoms with Crippen molar-refractivity contribution >= 4 is 15.7 Å². The fourth-order valence-electron chi connectivity index (χ4n) is 1.55. The molecule has 1 unspecified atom stereocenters. The van der Waals surface area contributed by atoms with Crippen LogP contribution in [0, 0.1) is 28.6 Å². The van der Waals surface area contributed by atoms with E-state index < -0.39 is 15.9 Å². The van der Waals surface area contributed by atoms with Gasteiger partial charge in [0.2, 0.25) is 10.0 Å². The topological polar surface area (TPSA) is 111 Å². The summed E-state index contributed by atoms with van der Waals surface area (Å²) in [6, 6.07) is 7.82. The van der Waals surface area contributed by atoms with Crippen LogP contribution < -0.4 is 5.73 Å². The van der Waals surface area contributed by atoms with Gasteiger partial charge in [0.25, 0.3) is 0 Å². The normalized spacial score (nSPS) is 12.7. The molecule has 0 aliphatic heterocycles. The predicted molar refractivity (Wildman–Crippen MR) is 70.2 cm³/mol. The Morgan fingerprint density at radius 3 is 2.58 bits per heavy atom. The third-order valence-electron chi connectivity index (χ3n) is 2.56. The summed E-state index contributed by atoms with van der Waals surface area (Å²) < 4.78 is 25.7. The molecule has 0 saturated heterocycles. The molecular weight excluding hydrogens is 264 g/mol. The first kappa shape index (κ1) is 15.0. The minimum Gasteiger partial charge on any atom is -0.399 e. The van der Waals surface area contributed by atoms with Crippen LogP contribution in [0.15, 0.2) is 23.1 Å².